The average Bonchev–Trinajstić information content (AvgIpc) is 2.93. The number of nitrogens with zero attached hydrogens (tertiary/aromatic N) is 3. The van der Waals surface area contributed by atoms with Crippen molar-refractivity contribution >= 4 is 17.2 Å². The van der Waals surface area contributed by atoms with Crippen LogP contribution in [0.3, 0.4) is 0 Å². The molecule has 114 valence electrons. The highest BCUT2D eigenvalue weighted by Gasteiger charge is 2.14. The first kappa shape index (κ1) is 14.8. The minimum atomic E-state index is 0.663. The largest absolute Gasteiger partial charge is 0.331 e. The first-order chi connectivity index (χ1) is 10.7. The Morgan fingerprint density at radius 3 is 2.77 bits per heavy atom. The number of rotatable bonds is 4. The number of nitriles is 1. The fraction of sp³-hybridized carbons (Fsp3) is 0.412. The smallest absolute Gasteiger partial charge is 0.150 e. The molecular weight excluding hydrogens is 276 g/mol. The van der Waals surface area contributed by atoms with Crippen molar-refractivity contribution in [3.8, 4) is 6.07 Å². The van der Waals surface area contributed by atoms with Crippen LogP contribution in [0.4, 0.5) is 0 Å². The Morgan fingerprint density at radius 2 is 2.09 bits per heavy atom. The molecule has 0 unspecified atom stereocenters. The monoisotopic (exact) mass is 296 g/mol. The molecule has 1 aliphatic heterocycles. The van der Waals surface area contributed by atoms with Gasteiger partial charge in [0, 0.05) is 55.7 Å². The van der Waals surface area contributed by atoms with Crippen LogP contribution in [0, 0.1) is 18.3 Å². The molecule has 5 nitrogen and oxygen atoms in total. The van der Waals surface area contributed by atoms with Crippen LogP contribution in [0.1, 0.15) is 21.6 Å². The zero-order valence-electron chi connectivity index (χ0n) is 12.8. The fourth-order valence-corrected chi connectivity index (χ4v) is 3.13. The van der Waals surface area contributed by atoms with Crippen LogP contribution in [0.2, 0.25) is 0 Å². The third-order valence-corrected chi connectivity index (χ3v) is 4.49. The van der Waals surface area contributed by atoms with Crippen LogP contribution in [0.25, 0.3) is 10.9 Å². The predicted molar refractivity (Wildman–Crippen MR) is 86.1 cm³/mol. The summed E-state index contributed by atoms with van der Waals surface area (Å²) in [7, 11) is 0. The minimum absolute atomic E-state index is 0.663. The molecule has 1 N–H and O–H groups in total. The van der Waals surface area contributed by atoms with Gasteiger partial charge in [-0.1, -0.05) is 0 Å². The normalized spacial score (nSPS) is 15.8. The Bertz CT molecular complexity index is 735. The molecule has 2 aromatic rings. The zero-order chi connectivity index (χ0) is 15.5. The third-order valence-electron chi connectivity index (χ3n) is 4.49. The van der Waals surface area contributed by atoms with E-state index in [0.29, 0.717) is 11.3 Å². The maximum atomic E-state index is 11.1. The van der Waals surface area contributed by atoms with Crippen molar-refractivity contribution in [2.75, 3.05) is 32.7 Å². The van der Waals surface area contributed by atoms with E-state index in [2.05, 4.69) is 20.9 Å². The van der Waals surface area contributed by atoms with Crippen molar-refractivity contribution in [3.63, 3.8) is 0 Å². The SMILES string of the molecule is Cc1c(C=O)ccc2c1cc(C#N)n2CCN1CCNCC1. The molecule has 2 heterocycles. The Balaban J connectivity index is 1.92. The summed E-state index contributed by atoms with van der Waals surface area (Å²) >= 11 is 0. The number of carbonyl (C=O) groups is 1. The van der Waals surface area contributed by atoms with Crippen molar-refractivity contribution in [1.82, 2.24) is 14.8 Å². The number of fused-ring (bicyclic) bond motifs is 1. The summed E-state index contributed by atoms with van der Waals surface area (Å²) in [5.74, 6) is 0. The van der Waals surface area contributed by atoms with Gasteiger partial charge in [-0.25, -0.2) is 0 Å². The second kappa shape index (κ2) is 6.30. The number of nitrogens with one attached hydrogen (secondary N) is 1. The average molecular weight is 296 g/mol. The standard InChI is InChI=1S/C17H20N4O/c1-13-14(12-22)2-3-17-16(13)10-15(11-18)21(17)9-8-20-6-4-19-5-7-20/h2-3,10,12,19H,4-9H2,1H3. The molecule has 0 bridgehead atoms. The number of hydrogen-bond acceptors (Lipinski definition) is 4. The molecular formula is C17H20N4O. The Kier molecular flexibility index (Phi) is 4.23. The Hall–Kier alpha value is -2.16. The lowest BCUT2D eigenvalue weighted by molar-refractivity contribution is 0.112. The van der Waals surface area contributed by atoms with Crippen molar-refractivity contribution in [2.24, 2.45) is 0 Å². The van der Waals surface area contributed by atoms with Gasteiger partial charge in [0.1, 0.15) is 18.0 Å². The summed E-state index contributed by atoms with van der Waals surface area (Å²) < 4.78 is 2.07. The van der Waals surface area contributed by atoms with E-state index in [9.17, 15) is 10.1 Å². The van der Waals surface area contributed by atoms with E-state index in [1.807, 2.05) is 25.1 Å². The molecule has 1 saturated heterocycles. The van der Waals surface area contributed by atoms with Gasteiger partial charge in [-0.05, 0) is 30.7 Å². The third kappa shape index (κ3) is 2.63. The predicted octanol–water partition coefficient (Wildman–Crippen LogP) is 1.54. The summed E-state index contributed by atoms with van der Waals surface area (Å²) in [6.07, 6.45) is 0.874. The fourth-order valence-electron chi connectivity index (χ4n) is 3.13. The molecule has 22 heavy (non-hydrogen) atoms. The first-order valence-corrected chi connectivity index (χ1v) is 7.66. The second-order valence-corrected chi connectivity index (χ2v) is 5.72. The lowest BCUT2D eigenvalue weighted by Crippen LogP contribution is -2.44. The van der Waals surface area contributed by atoms with Gasteiger partial charge in [0.15, 0.2) is 0 Å². The molecule has 0 atom stereocenters. The van der Waals surface area contributed by atoms with Gasteiger partial charge in [0.25, 0.3) is 0 Å². The summed E-state index contributed by atoms with van der Waals surface area (Å²) in [4.78, 5) is 13.5. The molecule has 0 saturated carbocycles. The van der Waals surface area contributed by atoms with Crippen LogP contribution in [-0.2, 0) is 6.54 Å². The molecule has 1 aromatic carbocycles. The van der Waals surface area contributed by atoms with Crippen molar-refractivity contribution < 1.29 is 4.79 Å². The van der Waals surface area contributed by atoms with Gasteiger partial charge in [0.05, 0.1) is 0 Å². The minimum Gasteiger partial charge on any atom is -0.331 e. The van der Waals surface area contributed by atoms with Gasteiger partial charge in [-0.3, -0.25) is 9.69 Å². The number of carbonyl (C=O) groups excluding carboxylic acids is 1. The van der Waals surface area contributed by atoms with Crippen LogP contribution in [0.15, 0.2) is 18.2 Å². The molecule has 0 spiro atoms. The highest BCUT2D eigenvalue weighted by Crippen LogP contribution is 2.25. The molecule has 3 rings (SSSR count). The number of benzene rings is 1. The molecule has 1 aromatic heterocycles. The second-order valence-electron chi connectivity index (χ2n) is 5.72. The molecule has 0 radical (unpaired) electrons. The van der Waals surface area contributed by atoms with Crippen LogP contribution in [0.5, 0.6) is 0 Å². The highest BCUT2D eigenvalue weighted by molar-refractivity contribution is 5.92. The number of aryl methyl sites for hydroxylation is 1. The first-order valence-electron chi connectivity index (χ1n) is 7.66. The molecule has 0 amide bonds. The molecule has 1 fully saturated rings. The topological polar surface area (TPSA) is 61.1 Å². The number of aromatic nitrogens is 1. The van der Waals surface area contributed by atoms with Gasteiger partial charge < -0.3 is 9.88 Å². The summed E-state index contributed by atoms with van der Waals surface area (Å²) in [6, 6.07) is 7.97. The van der Waals surface area contributed by atoms with Crippen LogP contribution in [-0.4, -0.2) is 48.5 Å². The van der Waals surface area contributed by atoms with E-state index in [1.54, 1.807) is 0 Å². The Morgan fingerprint density at radius 1 is 1.32 bits per heavy atom. The van der Waals surface area contributed by atoms with E-state index in [4.69, 9.17) is 0 Å². The van der Waals surface area contributed by atoms with E-state index in [1.165, 1.54) is 0 Å². The molecule has 0 aliphatic carbocycles. The number of hydrogen-bond donors (Lipinski definition) is 1. The maximum Gasteiger partial charge on any atom is 0.150 e. The van der Waals surface area contributed by atoms with Gasteiger partial charge in [0.2, 0.25) is 0 Å². The van der Waals surface area contributed by atoms with Crippen LogP contribution >= 0.6 is 0 Å². The summed E-state index contributed by atoms with van der Waals surface area (Å²) in [5, 5.41) is 13.8. The Labute approximate surface area is 130 Å². The van der Waals surface area contributed by atoms with Crippen molar-refractivity contribution in [1.29, 1.82) is 5.26 Å². The quantitative estimate of drug-likeness (QED) is 0.869. The van der Waals surface area contributed by atoms with E-state index in [0.717, 1.165) is 62.0 Å². The zero-order valence-corrected chi connectivity index (χ0v) is 12.8. The lowest BCUT2D eigenvalue weighted by Gasteiger charge is -2.27. The summed E-state index contributed by atoms with van der Waals surface area (Å²) in [6.45, 7) is 7.83. The van der Waals surface area contributed by atoms with Gasteiger partial charge in [-0.15, -0.1) is 0 Å². The van der Waals surface area contributed by atoms with Crippen molar-refractivity contribution in [2.45, 2.75) is 13.5 Å². The van der Waals surface area contributed by atoms with E-state index in [-0.39, 0.29) is 0 Å². The van der Waals surface area contributed by atoms with Gasteiger partial charge >= 0.3 is 0 Å². The van der Waals surface area contributed by atoms with Crippen LogP contribution < -0.4 is 5.32 Å². The van der Waals surface area contributed by atoms with Crippen molar-refractivity contribution in [3.05, 3.63) is 35.0 Å². The maximum absolute atomic E-state index is 11.1. The lowest BCUT2D eigenvalue weighted by atomic mass is 10.1. The summed E-state index contributed by atoms with van der Waals surface area (Å²) in [5.41, 5.74) is 3.34. The van der Waals surface area contributed by atoms with E-state index >= 15 is 0 Å². The number of piperazine rings is 1. The molecule has 5 heteroatoms. The van der Waals surface area contributed by atoms with E-state index < -0.39 is 0 Å². The molecule has 1 aliphatic rings. The highest BCUT2D eigenvalue weighted by atomic mass is 16.1. The van der Waals surface area contributed by atoms with Gasteiger partial charge in [-0.2, -0.15) is 5.26 Å². The number of aldehydes is 1.